The van der Waals surface area contributed by atoms with Crippen LogP contribution in [0.25, 0.3) is 0 Å². The summed E-state index contributed by atoms with van der Waals surface area (Å²) in [6.07, 6.45) is 0. The number of rotatable bonds is 5. The molecule has 0 spiro atoms. The summed E-state index contributed by atoms with van der Waals surface area (Å²) in [4.78, 5) is 16.8. The molecule has 0 saturated heterocycles. The minimum atomic E-state index is -0.600. The number of primary amides is 1. The predicted octanol–water partition coefficient (Wildman–Crippen LogP) is -0.297. The van der Waals surface area contributed by atoms with Crippen LogP contribution < -0.4 is 16.2 Å². The van der Waals surface area contributed by atoms with Gasteiger partial charge in [-0.25, -0.2) is 4.98 Å². The van der Waals surface area contributed by atoms with E-state index in [2.05, 4.69) is 4.98 Å². The second-order valence-electron chi connectivity index (χ2n) is 3.61. The molecule has 0 aliphatic heterocycles. The summed E-state index contributed by atoms with van der Waals surface area (Å²) in [6, 6.07) is 3.02. The highest BCUT2D eigenvalue weighted by Crippen LogP contribution is 2.18. The number of nitrogens with two attached hydrogens (primary N) is 2. The first kappa shape index (κ1) is 12.3. The minimum Gasteiger partial charge on any atom is -0.475 e. The lowest BCUT2D eigenvalue weighted by Gasteiger charge is -2.11. The average molecular weight is 224 g/mol. The number of aromatic nitrogens is 1. The normalized spacial score (nSPS) is 10.4. The predicted molar refractivity (Wildman–Crippen MR) is 61.2 cm³/mol. The van der Waals surface area contributed by atoms with Crippen molar-refractivity contribution in [2.24, 2.45) is 5.73 Å². The third kappa shape index (κ3) is 3.39. The molecule has 0 unspecified atom stereocenters. The summed E-state index contributed by atoms with van der Waals surface area (Å²) in [6.45, 7) is 1.19. The molecule has 0 radical (unpaired) electrons. The van der Waals surface area contributed by atoms with Crippen LogP contribution in [-0.4, -0.2) is 43.0 Å². The Hall–Kier alpha value is -1.82. The number of hydrogen-bond acceptors (Lipinski definition) is 5. The van der Waals surface area contributed by atoms with Crippen LogP contribution in [0.1, 0.15) is 10.5 Å². The van der Waals surface area contributed by atoms with Gasteiger partial charge >= 0.3 is 0 Å². The first-order valence-electron chi connectivity index (χ1n) is 4.84. The van der Waals surface area contributed by atoms with E-state index in [0.29, 0.717) is 12.3 Å². The highest BCUT2D eigenvalue weighted by molar-refractivity contribution is 5.91. The topological polar surface area (TPSA) is 94.5 Å². The number of hydrogen-bond donors (Lipinski definition) is 2. The molecule has 1 aromatic heterocycles. The van der Waals surface area contributed by atoms with Crippen molar-refractivity contribution in [1.29, 1.82) is 0 Å². The lowest BCUT2D eigenvalue weighted by molar-refractivity contribution is 0.0994. The Labute approximate surface area is 94.2 Å². The van der Waals surface area contributed by atoms with E-state index in [-0.39, 0.29) is 11.6 Å². The minimum absolute atomic E-state index is 0.147. The van der Waals surface area contributed by atoms with E-state index in [9.17, 15) is 4.79 Å². The molecule has 4 N–H and O–H groups in total. The number of amides is 1. The summed E-state index contributed by atoms with van der Waals surface area (Å²) in [5, 5.41) is 0. The third-order valence-electron chi connectivity index (χ3n) is 1.92. The molecular weight excluding hydrogens is 208 g/mol. The van der Waals surface area contributed by atoms with E-state index in [0.717, 1.165) is 6.54 Å². The molecule has 6 nitrogen and oxygen atoms in total. The van der Waals surface area contributed by atoms with Gasteiger partial charge in [-0.1, -0.05) is 0 Å². The first-order valence-corrected chi connectivity index (χ1v) is 4.84. The molecular formula is C10H16N4O2. The SMILES string of the molecule is CN(C)CCOc1nc(C(N)=O)ccc1N. The number of likely N-dealkylation sites (N-methyl/N-ethyl adjacent to an activating group) is 1. The van der Waals surface area contributed by atoms with E-state index in [1.54, 1.807) is 6.07 Å². The summed E-state index contributed by atoms with van der Waals surface area (Å²) in [5.41, 5.74) is 11.3. The lowest BCUT2D eigenvalue weighted by atomic mass is 10.3. The zero-order valence-electron chi connectivity index (χ0n) is 9.43. The number of nitrogen functional groups attached to an aromatic ring is 1. The quantitative estimate of drug-likeness (QED) is 0.716. The molecule has 0 aliphatic carbocycles. The standard InChI is InChI=1S/C10H16N4O2/c1-14(2)5-6-16-10-7(11)3-4-8(13-10)9(12)15/h3-4H,5-6,11H2,1-2H3,(H2,12,15). The van der Waals surface area contributed by atoms with Crippen molar-refractivity contribution in [2.45, 2.75) is 0 Å². The Morgan fingerprint density at radius 1 is 1.50 bits per heavy atom. The van der Waals surface area contributed by atoms with Gasteiger partial charge in [-0.05, 0) is 26.2 Å². The monoisotopic (exact) mass is 224 g/mol. The van der Waals surface area contributed by atoms with Gasteiger partial charge in [-0.3, -0.25) is 4.79 Å². The maximum Gasteiger partial charge on any atom is 0.267 e. The lowest BCUT2D eigenvalue weighted by Crippen LogP contribution is -2.20. The van der Waals surface area contributed by atoms with Gasteiger partial charge in [0.25, 0.3) is 5.91 Å². The van der Waals surface area contributed by atoms with Crippen LogP contribution >= 0.6 is 0 Å². The van der Waals surface area contributed by atoms with Crippen molar-refractivity contribution in [3.63, 3.8) is 0 Å². The van der Waals surface area contributed by atoms with Crippen molar-refractivity contribution >= 4 is 11.6 Å². The van der Waals surface area contributed by atoms with E-state index >= 15 is 0 Å². The van der Waals surface area contributed by atoms with Crippen LogP contribution in [0, 0.1) is 0 Å². The first-order chi connectivity index (χ1) is 7.50. The maximum atomic E-state index is 10.9. The average Bonchev–Trinajstić information content (AvgIpc) is 2.20. The Kier molecular flexibility index (Phi) is 4.07. The molecule has 1 rings (SSSR count). The van der Waals surface area contributed by atoms with Crippen LogP contribution in [0.5, 0.6) is 5.88 Å². The number of ether oxygens (including phenoxy) is 1. The molecule has 1 heterocycles. The van der Waals surface area contributed by atoms with Gasteiger partial charge in [-0.2, -0.15) is 0 Å². The van der Waals surface area contributed by atoms with Crippen LogP contribution in [0.2, 0.25) is 0 Å². The molecule has 0 fully saturated rings. The maximum absolute atomic E-state index is 10.9. The molecule has 0 aromatic carbocycles. The Morgan fingerprint density at radius 2 is 2.19 bits per heavy atom. The molecule has 0 aliphatic rings. The summed E-state index contributed by atoms with van der Waals surface area (Å²) >= 11 is 0. The van der Waals surface area contributed by atoms with E-state index < -0.39 is 5.91 Å². The molecule has 6 heteroatoms. The number of pyridine rings is 1. The Balaban J connectivity index is 2.70. The van der Waals surface area contributed by atoms with Gasteiger partial charge in [0.1, 0.15) is 12.3 Å². The second-order valence-corrected chi connectivity index (χ2v) is 3.61. The fraction of sp³-hybridized carbons (Fsp3) is 0.400. The van der Waals surface area contributed by atoms with E-state index in [1.165, 1.54) is 6.07 Å². The number of nitrogens with zero attached hydrogens (tertiary/aromatic N) is 2. The highest BCUT2D eigenvalue weighted by atomic mass is 16.5. The van der Waals surface area contributed by atoms with Gasteiger partial charge < -0.3 is 21.1 Å². The van der Waals surface area contributed by atoms with Crippen LogP contribution in [-0.2, 0) is 0 Å². The van der Waals surface area contributed by atoms with Gasteiger partial charge in [0, 0.05) is 6.54 Å². The fourth-order valence-electron chi connectivity index (χ4n) is 1.03. The van der Waals surface area contributed by atoms with Gasteiger partial charge in [-0.15, -0.1) is 0 Å². The molecule has 0 bridgehead atoms. The largest absolute Gasteiger partial charge is 0.475 e. The zero-order chi connectivity index (χ0) is 12.1. The Morgan fingerprint density at radius 3 is 2.75 bits per heavy atom. The van der Waals surface area contributed by atoms with Crippen LogP contribution in [0.4, 0.5) is 5.69 Å². The van der Waals surface area contributed by atoms with E-state index in [1.807, 2.05) is 19.0 Å². The molecule has 0 saturated carbocycles. The van der Waals surface area contributed by atoms with Crippen molar-refractivity contribution in [3.05, 3.63) is 17.8 Å². The Bertz CT molecular complexity index is 379. The van der Waals surface area contributed by atoms with E-state index in [4.69, 9.17) is 16.2 Å². The summed E-state index contributed by atoms with van der Waals surface area (Å²) < 4.78 is 5.35. The number of anilines is 1. The van der Waals surface area contributed by atoms with Crippen LogP contribution in [0.15, 0.2) is 12.1 Å². The highest BCUT2D eigenvalue weighted by Gasteiger charge is 2.08. The molecule has 1 aromatic rings. The molecule has 0 atom stereocenters. The van der Waals surface area contributed by atoms with Gasteiger partial charge in [0.15, 0.2) is 0 Å². The van der Waals surface area contributed by atoms with Gasteiger partial charge in [0.2, 0.25) is 5.88 Å². The van der Waals surface area contributed by atoms with Crippen molar-refractivity contribution < 1.29 is 9.53 Å². The number of carbonyl (C=O) groups is 1. The summed E-state index contributed by atoms with van der Waals surface area (Å²) in [7, 11) is 3.86. The molecule has 16 heavy (non-hydrogen) atoms. The zero-order valence-corrected chi connectivity index (χ0v) is 9.43. The van der Waals surface area contributed by atoms with Crippen molar-refractivity contribution in [3.8, 4) is 5.88 Å². The fourth-order valence-corrected chi connectivity index (χ4v) is 1.03. The van der Waals surface area contributed by atoms with Crippen molar-refractivity contribution in [1.82, 2.24) is 9.88 Å². The molecule has 1 amide bonds. The van der Waals surface area contributed by atoms with Crippen molar-refractivity contribution in [2.75, 3.05) is 33.0 Å². The second kappa shape index (κ2) is 5.32. The summed E-state index contributed by atoms with van der Waals surface area (Å²) in [5.74, 6) is -0.351. The van der Waals surface area contributed by atoms with Crippen LogP contribution in [0.3, 0.4) is 0 Å². The van der Waals surface area contributed by atoms with Gasteiger partial charge in [0.05, 0.1) is 5.69 Å². The molecule has 88 valence electrons. The smallest absolute Gasteiger partial charge is 0.267 e. The third-order valence-corrected chi connectivity index (χ3v) is 1.92. The number of carbonyl (C=O) groups excluding carboxylic acids is 1.